The standard InChI is InChI=1S/C13H18N2O2/c1-9(15-11-4-5-14-7-11)10-2-3-12-13(6-10)17-8-16-12/h2-3,6,9,11,14-15H,4-5,7-8H2,1H3. The van der Waals surface area contributed by atoms with Crippen LogP contribution in [-0.4, -0.2) is 25.9 Å². The molecule has 4 nitrogen and oxygen atoms in total. The Kier molecular flexibility index (Phi) is 2.91. The normalized spacial score (nSPS) is 23.9. The fourth-order valence-corrected chi connectivity index (χ4v) is 2.43. The van der Waals surface area contributed by atoms with E-state index in [1.54, 1.807) is 0 Å². The molecule has 2 N–H and O–H groups in total. The average Bonchev–Trinajstić information content (AvgIpc) is 2.97. The molecule has 1 aromatic carbocycles. The summed E-state index contributed by atoms with van der Waals surface area (Å²) < 4.78 is 10.7. The van der Waals surface area contributed by atoms with Gasteiger partial charge in [-0.05, 0) is 37.6 Å². The number of hydrogen-bond donors (Lipinski definition) is 2. The van der Waals surface area contributed by atoms with Crippen LogP contribution < -0.4 is 20.1 Å². The maximum atomic E-state index is 5.40. The number of nitrogens with one attached hydrogen (secondary N) is 2. The fraction of sp³-hybridized carbons (Fsp3) is 0.538. The Bertz CT molecular complexity index is 402. The monoisotopic (exact) mass is 234 g/mol. The van der Waals surface area contributed by atoms with Gasteiger partial charge in [0.05, 0.1) is 0 Å². The highest BCUT2D eigenvalue weighted by Crippen LogP contribution is 2.34. The van der Waals surface area contributed by atoms with Crippen LogP contribution in [0.5, 0.6) is 11.5 Å². The number of fused-ring (bicyclic) bond motifs is 1. The Morgan fingerprint density at radius 3 is 3.06 bits per heavy atom. The molecule has 1 saturated heterocycles. The molecule has 0 amide bonds. The predicted molar refractivity (Wildman–Crippen MR) is 65.4 cm³/mol. The molecule has 17 heavy (non-hydrogen) atoms. The molecule has 3 rings (SSSR count). The lowest BCUT2D eigenvalue weighted by atomic mass is 10.1. The van der Waals surface area contributed by atoms with Gasteiger partial charge in [0, 0.05) is 18.6 Å². The van der Waals surface area contributed by atoms with Crippen LogP contribution in [0.15, 0.2) is 18.2 Å². The summed E-state index contributed by atoms with van der Waals surface area (Å²) in [5.74, 6) is 1.71. The van der Waals surface area contributed by atoms with Gasteiger partial charge in [0.15, 0.2) is 11.5 Å². The van der Waals surface area contributed by atoms with E-state index in [2.05, 4.69) is 29.7 Å². The summed E-state index contributed by atoms with van der Waals surface area (Å²) in [6.45, 7) is 4.71. The zero-order chi connectivity index (χ0) is 11.7. The predicted octanol–water partition coefficient (Wildman–Crippen LogP) is 1.43. The highest BCUT2D eigenvalue weighted by atomic mass is 16.7. The molecule has 1 aromatic rings. The van der Waals surface area contributed by atoms with E-state index in [1.165, 1.54) is 12.0 Å². The van der Waals surface area contributed by atoms with Gasteiger partial charge in [0.2, 0.25) is 6.79 Å². The molecule has 0 aromatic heterocycles. The molecule has 0 bridgehead atoms. The van der Waals surface area contributed by atoms with Crippen molar-refractivity contribution in [3.05, 3.63) is 23.8 Å². The minimum Gasteiger partial charge on any atom is -0.454 e. The smallest absolute Gasteiger partial charge is 0.231 e. The molecule has 0 saturated carbocycles. The highest BCUT2D eigenvalue weighted by Gasteiger charge is 2.19. The number of benzene rings is 1. The van der Waals surface area contributed by atoms with E-state index in [9.17, 15) is 0 Å². The summed E-state index contributed by atoms with van der Waals surface area (Å²) in [7, 11) is 0. The number of rotatable bonds is 3. The summed E-state index contributed by atoms with van der Waals surface area (Å²) >= 11 is 0. The fourth-order valence-electron chi connectivity index (χ4n) is 2.43. The van der Waals surface area contributed by atoms with Crippen molar-refractivity contribution < 1.29 is 9.47 Å². The maximum Gasteiger partial charge on any atom is 0.231 e. The van der Waals surface area contributed by atoms with Crippen LogP contribution in [0.1, 0.15) is 24.9 Å². The molecule has 2 aliphatic heterocycles. The van der Waals surface area contributed by atoms with Crippen LogP contribution in [0.4, 0.5) is 0 Å². The van der Waals surface area contributed by atoms with Crippen LogP contribution >= 0.6 is 0 Å². The number of ether oxygens (including phenoxy) is 2. The number of hydrogen-bond acceptors (Lipinski definition) is 4. The molecular formula is C13H18N2O2. The first-order valence-electron chi connectivity index (χ1n) is 6.19. The van der Waals surface area contributed by atoms with E-state index in [1.807, 2.05) is 6.07 Å². The molecule has 2 aliphatic rings. The molecule has 2 unspecified atom stereocenters. The van der Waals surface area contributed by atoms with E-state index in [4.69, 9.17) is 9.47 Å². The Balaban J connectivity index is 1.70. The second-order valence-corrected chi connectivity index (χ2v) is 4.69. The van der Waals surface area contributed by atoms with Gasteiger partial charge in [-0.15, -0.1) is 0 Å². The zero-order valence-corrected chi connectivity index (χ0v) is 10.0. The van der Waals surface area contributed by atoms with Crippen LogP contribution in [0.3, 0.4) is 0 Å². The van der Waals surface area contributed by atoms with Crippen LogP contribution in [0, 0.1) is 0 Å². The van der Waals surface area contributed by atoms with Crippen LogP contribution in [0.2, 0.25) is 0 Å². The van der Waals surface area contributed by atoms with Crippen molar-refractivity contribution in [1.29, 1.82) is 0 Å². The van der Waals surface area contributed by atoms with Gasteiger partial charge in [0.1, 0.15) is 0 Å². The lowest BCUT2D eigenvalue weighted by Gasteiger charge is -2.19. The lowest BCUT2D eigenvalue weighted by molar-refractivity contribution is 0.174. The zero-order valence-electron chi connectivity index (χ0n) is 10.0. The van der Waals surface area contributed by atoms with E-state index < -0.39 is 0 Å². The molecule has 2 heterocycles. The van der Waals surface area contributed by atoms with Crippen molar-refractivity contribution in [3.63, 3.8) is 0 Å². The van der Waals surface area contributed by atoms with E-state index in [0.29, 0.717) is 18.9 Å². The van der Waals surface area contributed by atoms with Crippen LogP contribution in [0.25, 0.3) is 0 Å². The highest BCUT2D eigenvalue weighted by molar-refractivity contribution is 5.45. The van der Waals surface area contributed by atoms with Gasteiger partial charge in [-0.25, -0.2) is 0 Å². The summed E-state index contributed by atoms with van der Waals surface area (Å²) in [6.07, 6.45) is 1.20. The summed E-state index contributed by atoms with van der Waals surface area (Å²) in [6, 6.07) is 7.09. The molecule has 0 spiro atoms. The van der Waals surface area contributed by atoms with Gasteiger partial charge >= 0.3 is 0 Å². The van der Waals surface area contributed by atoms with Gasteiger partial charge in [0.25, 0.3) is 0 Å². The quantitative estimate of drug-likeness (QED) is 0.830. The van der Waals surface area contributed by atoms with Gasteiger partial charge in [-0.1, -0.05) is 6.07 Å². The topological polar surface area (TPSA) is 42.5 Å². The third kappa shape index (κ3) is 2.23. The Hall–Kier alpha value is -1.26. The first-order valence-corrected chi connectivity index (χ1v) is 6.19. The third-order valence-electron chi connectivity index (χ3n) is 3.44. The molecular weight excluding hydrogens is 216 g/mol. The van der Waals surface area contributed by atoms with Crippen molar-refractivity contribution in [1.82, 2.24) is 10.6 Å². The molecule has 0 radical (unpaired) electrons. The third-order valence-corrected chi connectivity index (χ3v) is 3.44. The van der Waals surface area contributed by atoms with Crippen molar-refractivity contribution in [2.75, 3.05) is 19.9 Å². The van der Waals surface area contributed by atoms with Gasteiger partial charge in [-0.2, -0.15) is 0 Å². The molecule has 2 atom stereocenters. The van der Waals surface area contributed by atoms with E-state index in [-0.39, 0.29) is 0 Å². The second-order valence-electron chi connectivity index (χ2n) is 4.69. The molecule has 0 aliphatic carbocycles. The Morgan fingerprint density at radius 2 is 2.24 bits per heavy atom. The van der Waals surface area contributed by atoms with Crippen molar-refractivity contribution >= 4 is 0 Å². The Morgan fingerprint density at radius 1 is 1.35 bits per heavy atom. The summed E-state index contributed by atoms with van der Waals surface area (Å²) in [5, 5.41) is 6.99. The van der Waals surface area contributed by atoms with Crippen LogP contribution in [-0.2, 0) is 0 Å². The minimum atomic E-state index is 0.340. The minimum absolute atomic E-state index is 0.340. The van der Waals surface area contributed by atoms with E-state index >= 15 is 0 Å². The maximum absolute atomic E-state index is 5.40. The lowest BCUT2D eigenvalue weighted by Crippen LogP contribution is -2.33. The first kappa shape index (κ1) is 10.9. The Labute approximate surface area is 101 Å². The summed E-state index contributed by atoms with van der Waals surface area (Å²) in [5.41, 5.74) is 1.25. The van der Waals surface area contributed by atoms with Gasteiger partial charge in [-0.3, -0.25) is 0 Å². The largest absolute Gasteiger partial charge is 0.454 e. The van der Waals surface area contributed by atoms with Crippen molar-refractivity contribution in [2.45, 2.75) is 25.4 Å². The van der Waals surface area contributed by atoms with Crippen molar-refractivity contribution in [2.24, 2.45) is 0 Å². The van der Waals surface area contributed by atoms with E-state index in [0.717, 1.165) is 24.6 Å². The average molecular weight is 234 g/mol. The molecule has 4 heteroatoms. The van der Waals surface area contributed by atoms with Gasteiger partial charge < -0.3 is 20.1 Å². The molecule has 92 valence electrons. The second kappa shape index (κ2) is 4.55. The molecule has 1 fully saturated rings. The first-order chi connectivity index (χ1) is 8.33. The SMILES string of the molecule is CC(NC1CCNC1)c1ccc2c(c1)OCO2. The summed E-state index contributed by atoms with van der Waals surface area (Å²) in [4.78, 5) is 0. The van der Waals surface area contributed by atoms with Crippen molar-refractivity contribution in [3.8, 4) is 11.5 Å².